The van der Waals surface area contributed by atoms with E-state index in [2.05, 4.69) is 0 Å². The first-order valence-electron chi connectivity index (χ1n) is 6.06. The van der Waals surface area contributed by atoms with Crippen LogP contribution in [0.3, 0.4) is 0 Å². The molecule has 1 amide bonds. The molecule has 3 N–H and O–H groups in total. The SMILES string of the molecule is CCCC(N)c1ccn(CC(=O)NCC(F)(F)F)c1. The fourth-order valence-electron chi connectivity index (χ4n) is 1.68. The molecule has 0 saturated carbocycles. The van der Waals surface area contributed by atoms with Crippen molar-refractivity contribution in [3.8, 4) is 0 Å². The van der Waals surface area contributed by atoms with Crippen molar-refractivity contribution >= 4 is 5.91 Å². The van der Waals surface area contributed by atoms with E-state index in [4.69, 9.17) is 5.73 Å². The number of nitrogens with two attached hydrogens (primary N) is 1. The van der Waals surface area contributed by atoms with Crippen molar-refractivity contribution in [2.75, 3.05) is 6.54 Å². The van der Waals surface area contributed by atoms with E-state index >= 15 is 0 Å². The number of carbonyl (C=O) groups excluding carboxylic acids is 1. The van der Waals surface area contributed by atoms with Gasteiger partial charge in [-0.3, -0.25) is 4.79 Å². The van der Waals surface area contributed by atoms with Crippen LogP contribution in [0.1, 0.15) is 31.4 Å². The summed E-state index contributed by atoms with van der Waals surface area (Å²) in [7, 11) is 0. The van der Waals surface area contributed by atoms with Gasteiger partial charge in [0, 0.05) is 18.4 Å². The van der Waals surface area contributed by atoms with Gasteiger partial charge in [-0.1, -0.05) is 13.3 Å². The smallest absolute Gasteiger partial charge is 0.345 e. The minimum Gasteiger partial charge on any atom is -0.345 e. The first-order valence-corrected chi connectivity index (χ1v) is 6.06. The predicted molar refractivity (Wildman–Crippen MR) is 65.3 cm³/mol. The number of hydrogen-bond donors (Lipinski definition) is 2. The third-order valence-electron chi connectivity index (χ3n) is 2.61. The summed E-state index contributed by atoms with van der Waals surface area (Å²) in [6.45, 7) is 0.561. The molecule has 1 heterocycles. The Morgan fingerprint density at radius 2 is 2.21 bits per heavy atom. The molecule has 0 bridgehead atoms. The molecule has 0 radical (unpaired) electrons. The quantitative estimate of drug-likeness (QED) is 0.835. The summed E-state index contributed by atoms with van der Waals surface area (Å²) in [6.07, 6.45) is 0.704. The minimum atomic E-state index is -4.39. The van der Waals surface area contributed by atoms with Crippen LogP contribution in [0, 0.1) is 0 Å². The third kappa shape index (κ3) is 5.78. The van der Waals surface area contributed by atoms with Crippen LogP contribution in [0.25, 0.3) is 0 Å². The van der Waals surface area contributed by atoms with Crippen molar-refractivity contribution in [3.05, 3.63) is 24.0 Å². The maximum Gasteiger partial charge on any atom is 0.405 e. The van der Waals surface area contributed by atoms with Crippen LogP contribution >= 0.6 is 0 Å². The second kappa shape index (κ2) is 6.60. The highest BCUT2D eigenvalue weighted by molar-refractivity contribution is 5.75. The third-order valence-corrected chi connectivity index (χ3v) is 2.61. The maximum atomic E-state index is 11.9. The lowest BCUT2D eigenvalue weighted by atomic mass is 10.1. The van der Waals surface area contributed by atoms with Gasteiger partial charge in [0.25, 0.3) is 0 Å². The highest BCUT2D eigenvalue weighted by Crippen LogP contribution is 2.16. The van der Waals surface area contributed by atoms with Crippen LogP contribution in [-0.4, -0.2) is 23.2 Å². The standard InChI is InChI=1S/C12H18F3N3O/c1-2-3-10(16)9-4-5-18(6-9)7-11(19)17-8-12(13,14)15/h4-6,10H,2-3,7-8,16H2,1H3,(H,17,19). The summed E-state index contributed by atoms with van der Waals surface area (Å²) in [5.41, 5.74) is 6.78. The Hall–Kier alpha value is -1.50. The first kappa shape index (κ1) is 15.6. The maximum absolute atomic E-state index is 11.9. The van der Waals surface area contributed by atoms with E-state index < -0.39 is 18.6 Å². The summed E-state index contributed by atoms with van der Waals surface area (Å²) in [5, 5.41) is 1.82. The number of nitrogens with zero attached hydrogens (tertiary/aromatic N) is 1. The average molecular weight is 277 g/mol. The van der Waals surface area contributed by atoms with Crippen molar-refractivity contribution < 1.29 is 18.0 Å². The molecule has 0 saturated heterocycles. The van der Waals surface area contributed by atoms with Gasteiger partial charge in [-0.05, 0) is 18.1 Å². The van der Waals surface area contributed by atoms with Gasteiger partial charge in [-0.2, -0.15) is 13.2 Å². The van der Waals surface area contributed by atoms with E-state index in [1.54, 1.807) is 18.5 Å². The van der Waals surface area contributed by atoms with Crippen molar-refractivity contribution in [2.45, 2.75) is 38.5 Å². The second-order valence-electron chi connectivity index (χ2n) is 4.40. The second-order valence-corrected chi connectivity index (χ2v) is 4.40. The summed E-state index contributed by atoms with van der Waals surface area (Å²) in [4.78, 5) is 11.3. The molecule has 0 aliphatic rings. The van der Waals surface area contributed by atoms with Gasteiger partial charge < -0.3 is 15.6 Å². The zero-order chi connectivity index (χ0) is 14.5. The normalized spacial score (nSPS) is 13.3. The van der Waals surface area contributed by atoms with Crippen molar-refractivity contribution in [3.63, 3.8) is 0 Å². The number of aromatic nitrogens is 1. The molecule has 0 aliphatic heterocycles. The molecular formula is C12H18F3N3O. The van der Waals surface area contributed by atoms with Gasteiger partial charge in [0.2, 0.25) is 5.91 Å². The van der Waals surface area contributed by atoms with Gasteiger partial charge in [0.15, 0.2) is 0 Å². The summed E-state index contributed by atoms with van der Waals surface area (Å²) in [6, 6.07) is 1.67. The van der Waals surface area contributed by atoms with Gasteiger partial charge >= 0.3 is 6.18 Å². The van der Waals surface area contributed by atoms with E-state index in [0.717, 1.165) is 18.4 Å². The molecular weight excluding hydrogens is 259 g/mol. The summed E-state index contributed by atoms with van der Waals surface area (Å²) in [5.74, 6) is -0.677. The summed E-state index contributed by atoms with van der Waals surface area (Å²) < 4.78 is 37.3. The Kier molecular flexibility index (Phi) is 5.41. The fourth-order valence-corrected chi connectivity index (χ4v) is 1.68. The lowest BCUT2D eigenvalue weighted by Gasteiger charge is -2.09. The molecule has 0 aliphatic carbocycles. The van der Waals surface area contributed by atoms with Gasteiger partial charge in [0.1, 0.15) is 13.1 Å². The molecule has 19 heavy (non-hydrogen) atoms. The molecule has 1 atom stereocenters. The number of amides is 1. The Bertz CT molecular complexity index is 415. The monoisotopic (exact) mass is 277 g/mol. The Morgan fingerprint density at radius 1 is 1.53 bits per heavy atom. The van der Waals surface area contributed by atoms with E-state index in [0.29, 0.717) is 0 Å². The Labute approximate surface area is 109 Å². The topological polar surface area (TPSA) is 60.0 Å². The number of alkyl halides is 3. The average Bonchev–Trinajstić information content (AvgIpc) is 2.74. The molecule has 4 nitrogen and oxygen atoms in total. The highest BCUT2D eigenvalue weighted by atomic mass is 19.4. The number of nitrogens with one attached hydrogen (secondary N) is 1. The zero-order valence-corrected chi connectivity index (χ0v) is 10.7. The highest BCUT2D eigenvalue weighted by Gasteiger charge is 2.27. The van der Waals surface area contributed by atoms with Crippen LogP contribution in [0.4, 0.5) is 13.2 Å². The predicted octanol–water partition coefficient (Wildman–Crippen LogP) is 1.97. The van der Waals surface area contributed by atoms with Crippen LogP contribution in [0.5, 0.6) is 0 Å². The number of carbonyl (C=O) groups is 1. The molecule has 0 spiro atoms. The molecule has 0 aromatic carbocycles. The molecule has 1 aromatic heterocycles. The van der Waals surface area contributed by atoms with Gasteiger partial charge in [-0.25, -0.2) is 0 Å². The minimum absolute atomic E-state index is 0.107. The van der Waals surface area contributed by atoms with Crippen LogP contribution in [0.2, 0.25) is 0 Å². The van der Waals surface area contributed by atoms with Crippen molar-refractivity contribution in [2.24, 2.45) is 5.73 Å². The van der Waals surface area contributed by atoms with Crippen LogP contribution in [0.15, 0.2) is 18.5 Å². The lowest BCUT2D eigenvalue weighted by molar-refractivity contribution is -0.138. The van der Waals surface area contributed by atoms with Crippen molar-refractivity contribution in [1.29, 1.82) is 0 Å². The van der Waals surface area contributed by atoms with Crippen molar-refractivity contribution in [1.82, 2.24) is 9.88 Å². The van der Waals surface area contributed by atoms with E-state index in [1.165, 1.54) is 4.57 Å². The first-order chi connectivity index (χ1) is 8.81. The Balaban J connectivity index is 2.47. The van der Waals surface area contributed by atoms with Gasteiger partial charge in [0.05, 0.1) is 0 Å². The van der Waals surface area contributed by atoms with E-state index in [1.807, 2.05) is 12.2 Å². The molecule has 1 aromatic rings. The largest absolute Gasteiger partial charge is 0.405 e. The van der Waals surface area contributed by atoms with Gasteiger partial charge in [-0.15, -0.1) is 0 Å². The van der Waals surface area contributed by atoms with E-state index in [9.17, 15) is 18.0 Å². The summed E-state index contributed by atoms with van der Waals surface area (Å²) >= 11 is 0. The number of halogens is 3. The molecule has 1 unspecified atom stereocenters. The lowest BCUT2D eigenvalue weighted by Crippen LogP contribution is -2.35. The number of rotatable bonds is 6. The molecule has 0 fully saturated rings. The fraction of sp³-hybridized carbons (Fsp3) is 0.583. The molecule has 1 rings (SSSR count). The number of hydrogen-bond acceptors (Lipinski definition) is 2. The van der Waals surface area contributed by atoms with E-state index in [-0.39, 0.29) is 12.6 Å². The molecule has 7 heteroatoms. The van der Waals surface area contributed by atoms with Crippen LogP contribution < -0.4 is 11.1 Å². The Morgan fingerprint density at radius 3 is 2.79 bits per heavy atom. The molecule has 108 valence electrons. The van der Waals surface area contributed by atoms with Crippen LogP contribution in [-0.2, 0) is 11.3 Å². The zero-order valence-electron chi connectivity index (χ0n) is 10.7.